The quantitative estimate of drug-likeness (QED) is 0.626. The second-order valence-corrected chi connectivity index (χ2v) is 6.25. The van der Waals surface area contributed by atoms with Crippen molar-refractivity contribution >= 4 is 5.97 Å². The first-order valence-corrected chi connectivity index (χ1v) is 8.24. The van der Waals surface area contributed by atoms with Crippen LogP contribution in [-0.2, 0) is 4.79 Å². The number of carbonyl (C=O) groups is 1. The molecule has 0 saturated carbocycles. The lowest BCUT2D eigenvalue weighted by Crippen LogP contribution is -2.38. The fraction of sp³-hybridized carbons (Fsp3) is 0.938. The predicted octanol–water partition coefficient (Wildman–Crippen LogP) is 2.69. The van der Waals surface area contributed by atoms with Gasteiger partial charge in [-0.3, -0.25) is 4.79 Å². The molecule has 0 atom stereocenters. The third-order valence-electron chi connectivity index (χ3n) is 4.29. The Hall–Kier alpha value is -0.610. The number of aliphatic carboxylic acids is 1. The van der Waals surface area contributed by atoms with E-state index in [2.05, 4.69) is 23.8 Å². The molecule has 0 aliphatic carbocycles. The number of unbranched alkanes of at least 4 members (excludes halogenated alkanes) is 2. The standard InChI is InChI=1S/C16H32N2O2/c1-3-4-10-17(2)14-15-8-12-18(13-9-15)11-6-5-7-16(19)20/h15H,3-14H2,1-2H3,(H,19,20). The van der Waals surface area contributed by atoms with Gasteiger partial charge in [-0.05, 0) is 71.2 Å². The van der Waals surface area contributed by atoms with E-state index in [0.29, 0.717) is 6.42 Å². The van der Waals surface area contributed by atoms with Crippen LogP contribution in [0, 0.1) is 5.92 Å². The molecule has 0 radical (unpaired) electrons. The highest BCUT2D eigenvalue weighted by Crippen LogP contribution is 2.18. The van der Waals surface area contributed by atoms with Crippen molar-refractivity contribution in [3.05, 3.63) is 0 Å². The van der Waals surface area contributed by atoms with Gasteiger partial charge in [0, 0.05) is 13.0 Å². The summed E-state index contributed by atoms with van der Waals surface area (Å²) in [6.07, 6.45) is 7.34. The number of hydrogen-bond donors (Lipinski definition) is 1. The fourth-order valence-corrected chi connectivity index (χ4v) is 2.96. The van der Waals surface area contributed by atoms with Crippen molar-refractivity contribution in [2.24, 2.45) is 5.92 Å². The summed E-state index contributed by atoms with van der Waals surface area (Å²) < 4.78 is 0. The number of carboxylic acids is 1. The molecule has 1 N–H and O–H groups in total. The highest BCUT2D eigenvalue weighted by Gasteiger charge is 2.19. The van der Waals surface area contributed by atoms with Crippen molar-refractivity contribution in [2.45, 2.75) is 51.9 Å². The Morgan fingerprint density at radius 2 is 1.95 bits per heavy atom. The Morgan fingerprint density at radius 1 is 1.25 bits per heavy atom. The van der Waals surface area contributed by atoms with Crippen molar-refractivity contribution < 1.29 is 9.90 Å². The molecule has 118 valence electrons. The maximum Gasteiger partial charge on any atom is 0.303 e. The van der Waals surface area contributed by atoms with Crippen molar-refractivity contribution in [2.75, 3.05) is 39.8 Å². The van der Waals surface area contributed by atoms with Crippen LogP contribution in [0.3, 0.4) is 0 Å². The Balaban J connectivity index is 2.06. The zero-order valence-electron chi connectivity index (χ0n) is 13.3. The second-order valence-electron chi connectivity index (χ2n) is 6.25. The van der Waals surface area contributed by atoms with Crippen LogP contribution < -0.4 is 0 Å². The molecule has 1 heterocycles. The highest BCUT2D eigenvalue weighted by atomic mass is 16.4. The molecule has 0 spiro atoms. The summed E-state index contributed by atoms with van der Waals surface area (Å²) in [6, 6.07) is 0. The van der Waals surface area contributed by atoms with Crippen LogP contribution in [0.15, 0.2) is 0 Å². The van der Waals surface area contributed by atoms with Gasteiger partial charge in [-0.1, -0.05) is 13.3 Å². The van der Waals surface area contributed by atoms with Gasteiger partial charge in [0.2, 0.25) is 0 Å². The molecule has 0 bridgehead atoms. The maximum atomic E-state index is 10.5. The predicted molar refractivity (Wildman–Crippen MR) is 83.1 cm³/mol. The minimum Gasteiger partial charge on any atom is -0.481 e. The van der Waals surface area contributed by atoms with E-state index in [1.165, 1.54) is 51.9 Å². The van der Waals surface area contributed by atoms with Gasteiger partial charge >= 0.3 is 5.97 Å². The molecular weight excluding hydrogens is 252 g/mol. The van der Waals surface area contributed by atoms with Gasteiger partial charge in [-0.15, -0.1) is 0 Å². The molecule has 4 heteroatoms. The molecule has 0 amide bonds. The van der Waals surface area contributed by atoms with Crippen LogP contribution in [-0.4, -0.2) is 60.6 Å². The van der Waals surface area contributed by atoms with Crippen molar-refractivity contribution in [1.82, 2.24) is 9.80 Å². The van der Waals surface area contributed by atoms with E-state index in [4.69, 9.17) is 5.11 Å². The molecule has 1 saturated heterocycles. The molecule has 1 rings (SSSR count). The lowest BCUT2D eigenvalue weighted by molar-refractivity contribution is -0.137. The number of hydrogen-bond acceptors (Lipinski definition) is 3. The maximum absolute atomic E-state index is 10.5. The van der Waals surface area contributed by atoms with E-state index in [-0.39, 0.29) is 0 Å². The van der Waals surface area contributed by atoms with Crippen LogP contribution >= 0.6 is 0 Å². The van der Waals surface area contributed by atoms with E-state index >= 15 is 0 Å². The van der Waals surface area contributed by atoms with E-state index in [1.807, 2.05) is 0 Å². The monoisotopic (exact) mass is 284 g/mol. The zero-order valence-corrected chi connectivity index (χ0v) is 13.3. The second kappa shape index (κ2) is 10.2. The smallest absolute Gasteiger partial charge is 0.303 e. The van der Waals surface area contributed by atoms with E-state index in [1.54, 1.807) is 0 Å². The molecule has 0 aromatic rings. The highest BCUT2D eigenvalue weighted by molar-refractivity contribution is 5.66. The lowest BCUT2D eigenvalue weighted by Gasteiger charge is -2.33. The van der Waals surface area contributed by atoms with Crippen LogP contribution in [0.5, 0.6) is 0 Å². The average molecular weight is 284 g/mol. The van der Waals surface area contributed by atoms with Gasteiger partial charge < -0.3 is 14.9 Å². The lowest BCUT2D eigenvalue weighted by atomic mass is 9.96. The Morgan fingerprint density at radius 3 is 2.55 bits per heavy atom. The van der Waals surface area contributed by atoms with Gasteiger partial charge in [0.15, 0.2) is 0 Å². The van der Waals surface area contributed by atoms with Gasteiger partial charge in [0.1, 0.15) is 0 Å². The molecule has 20 heavy (non-hydrogen) atoms. The SMILES string of the molecule is CCCCN(C)CC1CCN(CCCCC(=O)O)CC1. The number of rotatable bonds is 10. The molecule has 0 aromatic carbocycles. The normalized spacial score (nSPS) is 17.8. The molecule has 1 fully saturated rings. The molecule has 1 aliphatic rings. The van der Waals surface area contributed by atoms with Crippen LogP contribution in [0.1, 0.15) is 51.9 Å². The average Bonchev–Trinajstić information content (AvgIpc) is 2.43. The minimum absolute atomic E-state index is 0.318. The Bertz CT molecular complexity index is 263. The third-order valence-corrected chi connectivity index (χ3v) is 4.29. The Labute approximate surface area is 124 Å². The van der Waals surface area contributed by atoms with Gasteiger partial charge in [0.05, 0.1) is 0 Å². The fourth-order valence-electron chi connectivity index (χ4n) is 2.96. The van der Waals surface area contributed by atoms with Gasteiger partial charge in [-0.25, -0.2) is 0 Å². The van der Waals surface area contributed by atoms with Gasteiger partial charge in [-0.2, -0.15) is 0 Å². The zero-order chi connectivity index (χ0) is 14.8. The largest absolute Gasteiger partial charge is 0.481 e. The van der Waals surface area contributed by atoms with E-state index < -0.39 is 5.97 Å². The minimum atomic E-state index is -0.668. The Kier molecular flexibility index (Phi) is 8.86. The van der Waals surface area contributed by atoms with Crippen molar-refractivity contribution in [3.63, 3.8) is 0 Å². The van der Waals surface area contributed by atoms with E-state index in [9.17, 15) is 4.79 Å². The summed E-state index contributed by atoms with van der Waals surface area (Å²) >= 11 is 0. The first kappa shape index (κ1) is 17.4. The summed E-state index contributed by atoms with van der Waals surface area (Å²) in [5, 5.41) is 8.61. The number of likely N-dealkylation sites (tertiary alicyclic amines) is 1. The first-order chi connectivity index (χ1) is 9.61. The number of carboxylic acid groups (broad SMARTS) is 1. The van der Waals surface area contributed by atoms with Gasteiger partial charge in [0.25, 0.3) is 0 Å². The van der Waals surface area contributed by atoms with Crippen LogP contribution in [0.25, 0.3) is 0 Å². The topological polar surface area (TPSA) is 43.8 Å². The number of piperidine rings is 1. The molecule has 4 nitrogen and oxygen atoms in total. The van der Waals surface area contributed by atoms with Crippen LogP contribution in [0.2, 0.25) is 0 Å². The third kappa shape index (κ3) is 7.85. The number of nitrogens with zero attached hydrogens (tertiary/aromatic N) is 2. The molecular formula is C16H32N2O2. The first-order valence-electron chi connectivity index (χ1n) is 8.24. The van der Waals surface area contributed by atoms with E-state index in [0.717, 1.165) is 25.3 Å². The summed E-state index contributed by atoms with van der Waals surface area (Å²) in [7, 11) is 2.24. The van der Waals surface area contributed by atoms with Crippen LogP contribution in [0.4, 0.5) is 0 Å². The summed E-state index contributed by atoms with van der Waals surface area (Å²) in [4.78, 5) is 15.4. The summed E-state index contributed by atoms with van der Waals surface area (Å²) in [5.41, 5.74) is 0. The summed E-state index contributed by atoms with van der Waals surface area (Å²) in [5.74, 6) is 0.186. The molecule has 0 unspecified atom stereocenters. The van der Waals surface area contributed by atoms with Crippen molar-refractivity contribution in [1.29, 1.82) is 0 Å². The summed E-state index contributed by atoms with van der Waals surface area (Å²) in [6.45, 7) is 8.18. The molecule has 0 aromatic heterocycles. The molecule has 1 aliphatic heterocycles. The van der Waals surface area contributed by atoms with Crippen molar-refractivity contribution in [3.8, 4) is 0 Å².